The lowest BCUT2D eigenvalue weighted by Gasteiger charge is -2.08. The van der Waals surface area contributed by atoms with Gasteiger partial charge in [-0.15, -0.1) is 0 Å². The molecule has 0 saturated heterocycles. The van der Waals surface area contributed by atoms with E-state index in [0.29, 0.717) is 5.69 Å². The van der Waals surface area contributed by atoms with Crippen LogP contribution in [0.2, 0.25) is 0 Å². The molecule has 21 heavy (non-hydrogen) atoms. The third-order valence-electron chi connectivity index (χ3n) is 2.89. The first-order valence-corrected chi connectivity index (χ1v) is 8.04. The van der Waals surface area contributed by atoms with Crippen LogP contribution in [0.4, 0.5) is 10.1 Å². The number of anilines is 1. The summed E-state index contributed by atoms with van der Waals surface area (Å²) in [5, 5.41) is 2.50. The molecule has 1 amide bonds. The summed E-state index contributed by atoms with van der Waals surface area (Å²) in [4.78, 5) is 12.1. The van der Waals surface area contributed by atoms with Crippen LogP contribution in [-0.2, 0) is 9.84 Å². The molecule has 0 atom stereocenters. The van der Waals surface area contributed by atoms with E-state index in [1.165, 1.54) is 30.3 Å². The van der Waals surface area contributed by atoms with Crippen molar-refractivity contribution in [1.29, 1.82) is 0 Å². The van der Waals surface area contributed by atoms with Gasteiger partial charge in [0.25, 0.3) is 5.91 Å². The molecule has 0 fully saturated rings. The number of nitrogens with one attached hydrogen (secondary N) is 1. The summed E-state index contributed by atoms with van der Waals surface area (Å²) in [6.45, 7) is 1.75. The highest BCUT2D eigenvalue weighted by Crippen LogP contribution is 2.17. The van der Waals surface area contributed by atoms with Gasteiger partial charge in [0.05, 0.1) is 10.5 Å². The van der Waals surface area contributed by atoms with Crippen molar-refractivity contribution in [2.24, 2.45) is 0 Å². The maximum atomic E-state index is 13.6. The van der Waals surface area contributed by atoms with Gasteiger partial charge in [0, 0.05) is 11.9 Å². The summed E-state index contributed by atoms with van der Waals surface area (Å²) in [5.74, 6) is -1.25. The topological polar surface area (TPSA) is 63.2 Å². The normalized spacial score (nSPS) is 11.2. The summed E-state index contributed by atoms with van der Waals surface area (Å²) in [7, 11) is -3.37. The molecule has 0 saturated carbocycles. The number of halogens is 1. The standard InChI is InChI=1S/C15H14FNO3S/c1-10-6-7-14(16)13(8-10)15(18)17-11-4-3-5-12(9-11)21(2,19)20/h3-9H,1-2H3,(H,17,18). The van der Waals surface area contributed by atoms with Crippen molar-refractivity contribution in [3.63, 3.8) is 0 Å². The SMILES string of the molecule is Cc1ccc(F)c(C(=O)Nc2cccc(S(C)(=O)=O)c2)c1. The molecule has 0 aromatic heterocycles. The quantitative estimate of drug-likeness (QED) is 0.948. The molecule has 1 N–H and O–H groups in total. The minimum atomic E-state index is -3.37. The van der Waals surface area contributed by atoms with Crippen molar-refractivity contribution in [2.75, 3.05) is 11.6 Å². The van der Waals surface area contributed by atoms with Gasteiger partial charge in [-0.3, -0.25) is 4.79 Å². The fourth-order valence-corrected chi connectivity index (χ4v) is 2.48. The second kappa shape index (κ2) is 5.65. The van der Waals surface area contributed by atoms with Crippen molar-refractivity contribution < 1.29 is 17.6 Å². The maximum absolute atomic E-state index is 13.6. The lowest BCUT2D eigenvalue weighted by Crippen LogP contribution is -2.14. The van der Waals surface area contributed by atoms with Crippen molar-refractivity contribution >= 4 is 21.4 Å². The number of benzene rings is 2. The van der Waals surface area contributed by atoms with E-state index in [2.05, 4.69) is 5.32 Å². The van der Waals surface area contributed by atoms with E-state index in [0.717, 1.165) is 11.8 Å². The molecule has 0 aliphatic heterocycles. The Morgan fingerprint density at radius 3 is 2.52 bits per heavy atom. The molecular formula is C15H14FNO3S. The minimum absolute atomic E-state index is 0.0836. The van der Waals surface area contributed by atoms with Gasteiger partial charge in [-0.1, -0.05) is 17.7 Å². The van der Waals surface area contributed by atoms with Crippen LogP contribution >= 0.6 is 0 Å². The van der Waals surface area contributed by atoms with E-state index in [-0.39, 0.29) is 10.5 Å². The fourth-order valence-electron chi connectivity index (χ4n) is 1.82. The van der Waals surface area contributed by atoms with Crippen LogP contribution in [0.5, 0.6) is 0 Å². The first-order chi connectivity index (χ1) is 9.77. The number of hydrogen-bond donors (Lipinski definition) is 1. The summed E-state index contributed by atoms with van der Waals surface area (Å²) >= 11 is 0. The summed E-state index contributed by atoms with van der Waals surface area (Å²) < 4.78 is 36.6. The highest BCUT2D eigenvalue weighted by molar-refractivity contribution is 7.90. The molecule has 2 rings (SSSR count). The number of carbonyl (C=O) groups excluding carboxylic acids is 1. The van der Waals surface area contributed by atoms with Gasteiger partial charge in [0.15, 0.2) is 9.84 Å². The molecular weight excluding hydrogens is 293 g/mol. The molecule has 4 nitrogen and oxygen atoms in total. The Morgan fingerprint density at radius 2 is 1.86 bits per heavy atom. The summed E-state index contributed by atoms with van der Waals surface area (Å²) in [6, 6.07) is 10.0. The van der Waals surface area contributed by atoms with E-state index in [1.807, 2.05) is 0 Å². The van der Waals surface area contributed by atoms with E-state index in [9.17, 15) is 17.6 Å². The van der Waals surface area contributed by atoms with E-state index in [1.54, 1.807) is 19.1 Å². The smallest absolute Gasteiger partial charge is 0.258 e. The second-order valence-electron chi connectivity index (χ2n) is 4.74. The predicted molar refractivity (Wildman–Crippen MR) is 78.6 cm³/mol. The Kier molecular flexibility index (Phi) is 4.09. The van der Waals surface area contributed by atoms with Gasteiger partial charge in [-0.25, -0.2) is 12.8 Å². The monoisotopic (exact) mass is 307 g/mol. The number of rotatable bonds is 3. The molecule has 0 unspecified atom stereocenters. The molecule has 6 heteroatoms. The molecule has 0 aliphatic carbocycles. The van der Waals surface area contributed by atoms with Crippen LogP contribution in [0.1, 0.15) is 15.9 Å². The number of hydrogen-bond acceptors (Lipinski definition) is 3. The van der Waals surface area contributed by atoms with E-state index >= 15 is 0 Å². The van der Waals surface area contributed by atoms with Crippen LogP contribution in [-0.4, -0.2) is 20.6 Å². The Hall–Kier alpha value is -2.21. The Labute approximate surface area is 122 Å². The van der Waals surface area contributed by atoms with Crippen molar-refractivity contribution in [3.8, 4) is 0 Å². The van der Waals surface area contributed by atoms with E-state index in [4.69, 9.17) is 0 Å². The maximum Gasteiger partial charge on any atom is 0.258 e. The molecule has 0 bridgehead atoms. The lowest BCUT2D eigenvalue weighted by molar-refractivity contribution is 0.102. The van der Waals surface area contributed by atoms with Gasteiger partial charge < -0.3 is 5.32 Å². The molecule has 110 valence electrons. The first-order valence-electron chi connectivity index (χ1n) is 6.15. The van der Waals surface area contributed by atoms with Crippen molar-refractivity contribution in [1.82, 2.24) is 0 Å². The van der Waals surface area contributed by atoms with Crippen LogP contribution in [0, 0.1) is 12.7 Å². The van der Waals surface area contributed by atoms with E-state index < -0.39 is 21.6 Å². The average molecular weight is 307 g/mol. The first kappa shape index (κ1) is 15.2. The zero-order chi connectivity index (χ0) is 15.6. The predicted octanol–water partition coefficient (Wildman–Crippen LogP) is 2.79. The third kappa shape index (κ3) is 3.66. The molecule has 0 heterocycles. The molecule has 0 aliphatic rings. The Balaban J connectivity index is 2.30. The summed E-state index contributed by atoms with van der Waals surface area (Å²) in [5.41, 5.74) is 0.968. The van der Waals surface area contributed by atoms with Crippen LogP contribution in [0.3, 0.4) is 0 Å². The number of carbonyl (C=O) groups is 1. The number of sulfone groups is 1. The second-order valence-corrected chi connectivity index (χ2v) is 6.75. The van der Waals surface area contributed by atoms with Crippen LogP contribution < -0.4 is 5.32 Å². The average Bonchev–Trinajstić information content (AvgIpc) is 2.41. The summed E-state index contributed by atoms with van der Waals surface area (Å²) in [6.07, 6.45) is 1.08. The fraction of sp³-hybridized carbons (Fsp3) is 0.133. The molecule has 0 spiro atoms. The van der Waals surface area contributed by atoms with Crippen LogP contribution in [0.25, 0.3) is 0 Å². The van der Waals surface area contributed by atoms with Gasteiger partial charge in [-0.2, -0.15) is 0 Å². The highest BCUT2D eigenvalue weighted by atomic mass is 32.2. The largest absolute Gasteiger partial charge is 0.322 e. The third-order valence-corrected chi connectivity index (χ3v) is 4.00. The van der Waals surface area contributed by atoms with Crippen LogP contribution in [0.15, 0.2) is 47.4 Å². The van der Waals surface area contributed by atoms with Crippen molar-refractivity contribution in [2.45, 2.75) is 11.8 Å². The molecule has 0 radical (unpaired) electrons. The zero-order valence-corrected chi connectivity index (χ0v) is 12.4. The van der Waals surface area contributed by atoms with Gasteiger partial charge in [0.1, 0.15) is 5.82 Å². The zero-order valence-electron chi connectivity index (χ0n) is 11.6. The lowest BCUT2D eigenvalue weighted by atomic mass is 10.1. The minimum Gasteiger partial charge on any atom is -0.322 e. The van der Waals surface area contributed by atoms with Crippen molar-refractivity contribution in [3.05, 3.63) is 59.4 Å². The molecule has 2 aromatic rings. The van der Waals surface area contributed by atoms with Gasteiger partial charge in [0.2, 0.25) is 0 Å². The number of aryl methyl sites for hydroxylation is 1. The number of amides is 1. The molecule has 2 aromatic carbocycles. The Morgan fingerprint density at radius 1 is 1.14 bits per heavy atom. The highest BCUT2D eigenvalue weighted by Gasteiger charge is 2.13. The van der Waals surface area contributed by atoms with Gasteiger partial charge >= 0.3 is 0 Å². The van der Waals surface area contributed by atoms with Gasteiger partial charge in [-0.05, 0) is 37.3 Å². The Bertz CT molecular complexity index is 800.